The number of aromatic hydroxyl groups is 2. The maximum atomic E-state index is 11.9. The van der Waals surface area contributed by atoms with E-state index in [0.717, 1.165) is 46.1 Å². The number of hydrogen-bond donors (Lipinski definition) is 2. The summed E-state index contributed by atoms with van der Waals surface area (Å²) in [6.07, 6.45) is 3.09. The zero-order valence-corrected chi connectivity index (χ0v) is 27.8. The number of phenols is 2. The molecule has 2 rings (SSSR count). The minimum atomic E-state index is -0.252. The fraction of sp³-hybridized carbons (Fsp3) is 0.600. The average Bonchev–Trinajstić information content (AvgIpc) is 2.92. The van der Waals surface area contributed by atoms with Crippen LogP contribution in [0.3, 0.4) is 0 Å². The number of phenolic OH excluding ortho intramolecular Hbond substituents is 2. The lowest BCUT2D eigenvalue weighted by Gasteiger charge is -2.22. The molecule has 0 bridgehead atoms. The summed E-state index contributed by atoms with van der Waals surface area (Å²) in [6.45, 7) is 18.8. The van der Waals surface area contributed by atoms with Crippen LogP contribution in [0.5, 0.6) is 11.5 Å². The highest BCUT2D eigenvalue weighted by atomic mass is 16.6. The minimum absolute atomic E-state index is 0.0773. The number of rotatable bonds is 15. The Morgan fingerprint density at radius 3 is 1.60 bits per heavy atom. The monoisotopic (exact) mass is 602 g/mol. The van der Waals surface area contributed by atoms with Crippen LogP contribution in [0.1, 0.15) is 87.8 Å². The first kappa shape index (κ1) is 38.1. The van der Waals surface area contributed by atoms with Gasteiger partial charge in [0.2, 0.25) is 0 Å². The van der Waals surface area contributed by atoms with Crippen LogP contribution in [-0.2, 0) is 52.2 Å². The third-order valence-electron chi connectivity index (χ3n) is 6.80. The van der Waals surface area contributed by atoms with Gasteiger partial charge in [-0.25, -0.2) is 0 Å². The van der Waals surface area contributed by atoms with E-state index >= 15 is 0 Å². The SMILES string of the molecule is COCCOCCOCCOC(=O)CCc1cc(C)c(O)c(C(C)(C)C)c1.Cc1cc(CCC=O)cc(C(C)(C)C)c1O. The van der Waals surface area contributed by atoms with E-state index in [1.54, 1.807) is 7.11 Å². The summed E-state index contributed by atoms with van der Waals surface area (Å²) in [4.78, 5) is 22.3. The van der Waals surface area contributed by atoms with Crippen molar-refractivity contribution in [3.05, 3.63) is 57.6 Å². The van der Waals surface area contributed by atoms with Crippen molar-refractivity contribution in [1.29, 1.82) is 0 Å². The van der Waals surface area contributed by atoms with Crippen molar-refractivity contribution in [3.63, 3.8) is 0 Å². The van der Waals surface area contributed by atoms with Gasteiger partial charge in [0.05, 0.1) is 33.0 Å². The second-order valence-corrected chi connectivity index (χ2v) is 12.8. The summed E-state index contributed by atoms with van der Waals surface area (Å²) >= 11 is 0. The largest absolute Gasteiger partial charge is 0.507 e. The molecule has 242 valence electrons. The third-order valence-corrected chi connectivity index (χ3v) is 6.80. The number of benzene rings is 2. The first-order chi connectivity index (χ1) is 20.1. The molecule has 0 atom stereocenters. The number of carbonyl (C=O) groups excluding carboxylic acids is 2. The van der Waals surface area contributed by atoms with Crippen LogP contribution in [0.4, 0.5) is 0 Å². The number of methoxy groups -OCH3 is 1. The second-order valence-electron chi connectivity index (χ2n) is 12.8. The molecule has 43 heavy (non-hydrogen) atoms. The molecule has 0 fully saturated rings. The van der Waals surface area contributed by atoms with Gasteiger partial charge in [-0.3, -0.25) is 4.79 Å². The van der Waals surface area contributed by atoms with Gasteiger partial charge in [0, 0.05) is 20.0 Å². The number of ether oxygens (including phenoxy) is 4. The Morgan fingerprint density at radius 2 is 1.16 bits per heavy atom. The van der Waals surface area contributed by atoms with Crippen molar-refractivity contribution >= 4 is 12.3 Å². The summed E-state index contributed by atoms with van der Waals surface area (Å²) in [6, 6.07) is 7.85. The first-order valence-electron chi connectivity index (χ1n) is 15.0. The van der Waals surface area contributed by atoms with E-state index in [4.69, 9.17) is 18.9 Å². The Morgan fingerprint density at radius 1 is 0.721 bits per heavy atom. The molecule has 0 heterocycles. The quantitative estimate of drug-likeness (QED) is 0.139. The molecular formula is C35H54O8. The predicted molar refractivity (Wildman–Crippen MR) is 170 cm³/mol. The van der Waals surface area contributed by atoms with E-state index in [0.29, 0.717) is 63.8 Å². The Bertz CT molecular complexity index is 1140. The minimum Gasteiger partial charge on any atom is -0.507 e. The summed E-state index contributed by atoms with van der Waals surface area (Å²) in [5, 5.41) is 20.3. The number of hydrogen-bond acceptors (Lipinski definition) is 8. The van der Waals surface area contributed by atoms with Crippen molar-refractivity contribution in [3.8, 4) is 11.5 Å². The molecule has 0 saturated carbocycles. The molecular weight excluding hydrogens is 548 g/mol. The van der Waals surface area contributed by atoms with Gasteiger partial charge in [-0.2, -0.15) is 0 Å². The second kappa shape index (κ2) is 18.7. The molecule has 0 unspecified atom stereocenters. The Hall–Kier alpha value is -2.94. The maximum Gasteiger partial charge on any atom is 0.306 e. The van der Waals surface area contributed by atoms with Crippen LogP contribution in [0, 0.1) is 13.8 Å². The van der Waals surface area contributed by atoms with Gasteiger partial charge in [0.15, 0.2) is 0 Å². The third kappa shape index (κ3) is 14.4. The Kier molecular flexibility index (Phi) is 16.5. The fourth-order valence-electron chi connectivity index (χ4n) is 4.36. The molecule has 8 heteroatoms. The zero-order valence-electron chi connectivity index (χ0n) is 27.8. The summed E-state index contributed by atoms with van der Waals surface area (Å²) in [5.74, 6) is 0.456. The van der Waals surface area contributed by atoms with E-state index in [1.165, 1.54) is 0 Å². The van der Waals surface area contributed by atoms with E-state index in [1.807, 2.05) is 38.1 Å². The number of esters is 1. The summed E-state index contributed by atoms with van der Waals surface area (Å²) in [5.41, 5.74) is 5.46. The molecule has 0 amide bonds. The molecule has 0 radical (unpaired) electrons. The van der Waals surface area contributed by atoms with Crippen LogP contribution in [-0.4, -0.2) is 69.2 Å². The van der Waals surface area contributed by atoms with Crippen molar-refractivity contribution in [2.75, 3.05) is 46.8 Å². The molecule has 0 aliphatic rings. The van der Waals surface area contributed by atoms with E-state index in [-0.39, 0.29) is 23.4 Å². The van der Waals surface area contributed by atoms with Crippen LogP contribution in [0.25, 0.3) is 0 Å². The molecule has 2 aromatic rings. The molecule has 2 aromatic carbocycles. The first-order valence-corrected chi connectivity index (χ1v) is 15.0. The summed E-state index contributed by atoms with van der Waals surface area (Å²) < 4.78 is 20.7. The van der Waals surface area contributed by atoms with Gasteiger partial charge < -0.3 is 34.0 Å². The van der Waals surface area contributed by atoms with Gasteiger partial charge in [-0.15, -0.1) is 0 Å². The molecule has 0 aliphatic carbocycles. The predicted octanol–water partition coefficient (Wildman–Crippen LogP) is 6.28. The topological polar surface area (TPSA) is 112 Å². The van der Waals surface area contributed by atoms with Gasteiger partial charge in [0.25, 0.3) is 0 Å². The van der Waals surface area contributed by atoms with Crippen LogP contribution >= 0.6 is 0 Å². The highest BCUT2D eigenvalue weighted by Crippen LogP contribution is 2.35. The Balaban J connectivity index is 0.000000490. The van der Waals surface area contributed by atoms with Crippen LogP contribution in [0.15, 0.2) is 24.3 Å². The van der Waals surface area contributed by atoms with Crippen molar-refractivity contribution < 1.29 is 38.7 Å². The van der Waals surface area contributed by atoms with Gasteiger partial charge in [-0.1, -0.05) is 65.8 Å². The molecule has 0 aromatic heterocycles. The highest BCUT2D eigenvalue weighted by Gasteiger charge is 2.21. The van der Waals surface area contributed by atoms with Gasteiger partial charge in [0.1, 0.15) is 24.4 Å². The van der Waals surface area contributed by atoms with Crippen molar-refractivity contribution in [1.82, 2.24) is 0 Å². The average molecular weight is 603 g/mol. The lowest BCUT2D eigenvalue weighted by atomic mass is 9.83. The van der Waals surface area contributed by atoms with Crippen LogP contribution in [0.2, 0.25) is 0 Å². The van der Waals surface area contributed by atoms with E-state index < -0.39 is 0 Å². The standard InChI is InChI=1S/C21H34O6.C14H20O2/c1-16-14-17(15-18(20(16)23)21(2,3)4)6-7-19(22)27-13-12-26-11-10-25-9-8-24-5;1-10-8-11(6-5-7-15)9-12(13(10)16)14(2,3)4/h14-15,23H,6-13H2,1-5H3;7-9,16H,5-6H2,1-4H3. The highest BCUT2D eigenvalue weighted by molar-refractivity contribution is 5.69. The molecule has 0 aliphatic heterocycles. The lowest BCUT2D eigenvalue weighted by Crippen LogP contribution is -2.14. The molecule has 0 spiro atoms. The van der Waals surface area contributed by atoms with Crippen molar-refractivity contribution in [2.45, 2.75) is 91.9 Å². The number of aryl methyl sites for hydroxylation is 4. The smallest absolute Gasteiger partial charge is 0.306 e. The fourth-order valence-corrected chi connectivity index (χ4v) is 4.36. The van der Waals surface area contributed by atoms with Gasteiger partial charge >= 0.3 is 5.97 Å². The van der Waals surface area contributed by atoms with E-state index in [9.17, 15) is 19.8 Å². The Labute approximate surface area is 258 Å². The zero-order chi connectivity index (χ0) is 32.6. The number of aldehydes is 1. The van der Waals surface area contributed by atoms with Crippen LogP contribution < -0.4 is 0 Å². The van der Waals surface area contributed by atoms with Gasteiger partial charge in [-0.05, 0) is 70.9 Å². The molecule has 0 saturated heterocycles. The molecule has 2 N–H and O–H groups in total. The molecule has 8 nitrogen and oxygen atoms in total. The number of carbonyl (C=O) groups is 2. The lowest BCUT2D eigenvalue weighted by molar-refractivity contribution is -0.145. The maximum absolute atomic E-state index is 11.9. The normalized spacial score (nSPS) is 11.6. The summed E-state index contributed by atoms with van der Waals surface area (Å²) in [7, 11) is 1.63. The van der Waals surface area contributed by atoms with Crippen molar-refractivity contribution in [2.24, 2.45) is 0 Å². The van der Waals surface area contributed by atoms with E-state index in [2.05, 4.69) is 41.5 Å².